The molecule has 0 radical (unpaired) electrons. The number of hydrogen-bond acceptors (Lipinski definition) is 1. The Bertz CT molecular complexity index is 459. The van der Waals surface area contributed by atoms with Gasteiger partial charge in [0.15, 0.2) is 0 Å². The van der Waals surface area contributed by atoms with Crippen molar-refractivity contribution in [1.29, 1.82) is 0 Å². The van der Waals surface area contributed by atoms with Crippen LogP contribution in [0.3, 0.4) is 0 Å². The van der Waals surface area contributed by atoms with Gasteiger partial charge in [0, 0.05) is 12.4 Å². The highest BCUT2D eigenvalue weighted by Crippen LogP contribution is 2.16. The van der Waals surface area contributed by atoms with Crippen LogP contribution >= 0.6 is 11.6 Å². The van der Waals surface area contributed by atoms with Crippen molar-refractivity contribution in [2.75, 3.05) is 0 Å². The van der Waals surface area contributed by atoms with Crippen LogP contribution in [0.4, 0.5) is 0 Å². The molecule has 0 bridgehead atoms. The van der Waals surface area contributed by atoms with E-state index in [9.17, 15) is 0 Å². The molecule has 0 aromatic carbocycles. The summed E-state index contributed by atoms with van der Waals surface area (Å²) < 4.78 is 1.86. The fraction of sp³-hybridized carbons (Fsp3) is 0.182. The lowest BCUT2D eigenvalue weighted by Crippen LogP contribution is -1.90. The van der Waals surface area contributed by atoms with E-state index < -0.39 is 0 Å². The molecule has 0 saturated carbocycles. The van der Waals surface area contributed by atoms with E-state index >= 15 is 0 Å². The summed E-state index contributed by atoms with van der Waals surface area (Å²) in [4.78, 5) is 4.20. The zero-order valence-corrected chi connectivity index (χ0v) is 8.54. The minimum absolute atomic E-state index is 0.707. The minimum atomic E-state index is 0.707. The maximum atomic E-state index is 6.08. The van der Waals surface area contributed by atoms with Crippen molar-refractivity contribution in [2.45, 2.75) is 12.8 Å². The van der Waals surface area contributed by atoms with Gasteiger partial charge in [0.1, 0.15) is 10.8 Å². The predicted molar refractivity (Wildman–Crippen MR) is 58.7 cm³/mol. The Hall–Kier alpha value is -1.28. The Labute approximate surface area is 87.8 Å². The van der Waals surface area contributed by atoms with Crippen molar-refractivity contribution in [1.82, 2.24) is 9.38 Å². The number of halogens is 1. The molecule has 0 unspecified atom stereocenters. The van der Waals surface area contributed by atoms with E-state index in [1.807, 2.05) is 22.7 Å². The standard InChI is InChI=1S/C11H11ClN2/c1-2-3-4-9-7-10(12)14-6-5-13-11(14)8-9/h2,5-8H,1,3-4H2. The van der Waals surface area contributed by atoms with Crippen molar-refractivity contribution < 1.29 is 0 Å². The first-order valence-electron chi connectivity index (χ1n) is 4.53. The number of imidazole rings is 1. The Morgan fingerprint density at radius 3 is 3.14 bits per heavy atom. The number of hydrogen-bond donors (Lipinski definition) is 0. The van der Waals surface area contributed by atoms with Crippen molar-refractivity contribution in [3.8, 4) is 0 Å². The molecular formula is C11H11ClN2. The van der Waals surface area contributed by atoms with Crippen LogP contribution in [0.1, 0.15) is 12.0 Å². The molecule has 14 heavy (non-hydrogen) atoms. The van der Waals surface area contributed by atoms with Gasteiger partial charge in [-0.1, -0.05) is 17.7 Å². The van der Waals surface area contributed by atoms with Crippen molar-refractivity contribution in [3.05, 3.63) is 47.9 Å². The average molecular weight is 207 g/mol. The fourth-order valence-corrected chi connectivity index (χ4v) is 1.73. The van der Waals surface area contributed by atoms with Crippen LogP contribution in [-0.2, 0) is 6.42 Å². The molecule has 72 valence electrons. The molecule has 2 nitrogen and oxygen atoms in total. The van der Waals surface area contributed by atoms with E-state index in [0.717, 1.165) is 18.5 Å². The lowest BCUT2D eigenvalue weighted by molar-refractivity contribution is 0.994. The number of pyridine rings is 1. The number of allylic oxidation sites excluding steroid dienone is 1. The maximum absolute atomic E-state index is 6.08. The smallest absolute Gasteiger partial charge is 0.138 e. The molecule has 0 aliphatic carbocycles. The van der Waals surface area contributed by atoms with Crippen LogP contribution < -0.4 is 0 Å². The Morgan fingerprint density at radius 2 is 2.36 bits per heavy atom. The summed E-state index contributed by atoms with van der Waals surface area (Å²) in [7, 11) is 0. The first-order chi connectivity index (χ1) is 6.81. The Morgan fingerprint density at radius 1 is 1.50 bits per heavy atom. The third-order valence-electron chi connectivity index (χ3n) is 2.16. The first kappa shape index (κ1) is 9.28. The lowest BCUT2D eigenvalue weighted by atomic mass is 10.1. The molecule has 2 heterocycles. The van der Waals surface area contributed by atoms with Crippen molar-refractivity contribution in [2.24, 2.45) is 0 Å². The largest absolute Gasteiger partial charge is 0.290 e. The molecule has 0 atom stereocenters. The van der Waals surface area contributed by atoms with Gasteiger partial charge in [-0.2, -0.15) is 0 Å². The van der Waals surface area contributed by atoms with Gasteiger partial charge < -0.3 is 0 Å². The molecule has 3 heteroatoms. The van der Waals surface area contributed by atoms with Gasteiger partial charge in [-0.3, -0.25) is 4.40 Å². The highest BCUT2D eigenvalue weighted by atomic mass is 35.5. The molecule has 0 spiro atoms. The van der Waals surface area contributed by atoms with Gasteiger partial charge >= 0.3 is 0 Å². The Balaban J connectivity index is 2.42. The van der Waals surface area contributed by atoms with Crippen LogP contribution in [0.15, 0.2) is 37.2 Å². The third-order valence-corrected chi connectivity index (χ3v) is 2.45. The number of aryl methyl sites for hydroxylation is 1. The van der Waals surface area contributed by atoms with Crippen LogP contribution in [0, 0.1) is 0 Å². The maximum Gasteiger partial charge on any atom is 0.138 e. The summed E-state index contributed by atoms with van der Waals surface area (Å²) in [6.45, 7) is 3.70. The van der Waals surface area contributed by atoms with Gasteiger partial charge in [-0.25, -0.2) is 4.98 Å². The minimum Gasteiger partial charge on any atom is -0.290 e. The highest BCUT2D eigenvalue weighted by Gasteiger charge is 2.01. The zero-order chi connectivity index (χ0) is 9.97. The fourth-order valence-electron chi connectivity index (χ4n) is 1.45. The summed E-state index contributed by atoms with van der Waals surface area (Å²) in [6.07, 6.45) is 7.44. The zero-order valence-electron chi connectivity index (χ0n) is 7.78. The number of fused-ring (bicyclic) bond motifs is 1. The van der Waals surface area contributed by atoms with E-state index in [1.54, 1.807) is 6.20 Å². The van der Waals surface area contributed by atoms with Crippen LogP contribution in [0.5, 0.6) is 0 Å². The van der Waals surface area contributed by atoms with Crippen molar-refractivity contribution in [3.63, 3.8) is 0 Å². The molecular weight excluding hydrogens is 196 g/mol. The molecule has 0 aliphatic heterocycles. The van der Waals surface area contributed by atoms with Gasteiger partial charge in [0.2, 0.25) is 0 Å². The average Bonchev–Trinajstić information content (AvgIpc) is 2.63. The number of nitrogens with zero attached hydrogens (tertiary/aromatic N) is 2. The monoisotopic (exact) mass is 206 g/mol. The van der Waals surface area contributed by atoms with Gasteiger partial charge in [0.25, 0.3) is 0 Å². The van der Waals surface area contributed by atoms with Gasteiger partial charge in [-0.05, 0) is 30.5 Å². The van der Waals surface area contributed by atoms with Crippen LogP contribution in [0.2, 0.25) is 5.15 Å². The van der Waals surface area contributed by atoms with Gasteiger partial charge in [0.05, 0.1) is 0 Å². The molecule has 0 N–H and O–H groups in total. The Kier molecular flexibility index (Phi) is 2.55. The summed E-state index contributed by atoms with van der Waals surface area (Å²) in [5.41, 5.74) is 2.10. The van der Waals surface area contributed by atoms with Crippen LogP contribution in [0.25, 0.3) is 5.65 Å². The molecule has 0 fully saturated rings. The SMILES string of the molecule is C=CCCc1cc(Cl)n2ccnc2c1. The lowest BCUT2D eigenvalue weighted by Gasteiger charge is -2.02. The second-order valence-corrected chi connectivity index (χ2v) is 3.56. The summed E-state index contributed by atoms with van der Waals surface area (Å²) >= 11 is 6.08. The molecule has 2 aromatic heterocycles. The predicted octanol–water partition coefficient (Wildman–Crippen LogP) is 3.11. The summed E-state index contributed by atoms with van der Waals surface area (Å²) in [5.74, 6) is 0. The molecule has 2 rings (SSSR count). The molecule has 0 aliphatic rings. The van der Waals surface area contributed by atoms with E-state index in [4.69, 9.17) is 11.6 Å². The second-order valence-electron chi connectivity index (χ2n) is 3.17. The van der Waals surface area contributed by atoms with Crippen LogP contribution in [-0.4, -0.2) is 9.38 Å². The number of rotatable bonds is 3. The molecule has 0 saturated heterocycles. The van der Waals surface area contributed by atoms with E-state index in [1.165, 1.54) is 5.56 Å². The van der Waals surface area contributed by atoms with E-state index in [-0.39, 0.29) is 0 Å². The summed E-state index contributed by atoms with van der Waals surface area (Å²) in [5, 5.41) is 0.707. The van der Waals surface area contributed by atoms with Crippen molar-refractivity contribution >= 4 is 17.2 Å². The third kappa shape index (κ3) is 1.66. The number of aromatic nitrogens is 2. The first-order valence-corrected chi connectivity index (χ1v) is 4.91. The highest BCUT2D eigenvalue weighted by molar-refractivity contribution is 6.29. The second kappa shape index (κ2) is 3.84. The van der Waals surface area contributed by atoms with Gasteiger partial charge in [-0.15, -0.1) is 6.58 Å². The molecule has 0 amide bonds. The summed E-state index contributed by atoms with van der Waals surface area (Å²) in [6, 6.07) is 4.02. The van der Waals surface area contributed by atoms with E-state index in [0.29, 0.717) is 5.15 Å². The molecule has 2 aromatic rings. The quantitative estimate of drug-likeness (QED) is 0.557. The normalized spacial score (nSPS) is 10.6. The topological polar surface area (TPSA) is 17.3 Å². The van der Waals surface area contributed by atoms with E-state index in [2.05, 4.69) is 17.6 Å².